The molecule has 28 heavy (non-hydrogen) atoms. The van der Waals surface area contributed by atoms with Gasteiger partial charge in [-0.2, -0.15) is 0 Å². The van der Waals surface area contributed by atoms with Crippen molar-refractivity contribution in [3.05, 3.63) is 59.7 Å². The first-order valence-corrected chi connectivity index (χ1v) is 9.49. The number of nitrogens with zero attached hydrogens (tertiary/aromatic N) is 1. The Bertz CT molecular complexity index is 802. The lowest BCUT2D eigenvalue weighted by molar-refractivity contribution is -0.128. The van der Waals surface area contributed by atoms with E-state index < -0.39 is 0 Å². The Kier molecular flexibility index (Phi) is 6.53. The summed E-state index contributed by atoms with van der Waals surface area (Å²) in [4.78, 5) is 26.0. The number of likely N-dealkylation sites (tertiary alicyclic amines) is 1. The van der Waals surface area contributed by atoms with Crippen LogP contribution in [0, 0.1) is 0 Å². The molecule has 3 rings (SSSR count). The fourth-order valence-electron chi connectivity index (χ4n) is 3.10. The molecule has 2 aromatic carbocycles. The maximum absolute atomic E-state index is 12.4. The van der Waals surface area contributed by atoms with E-state index in [2.05, 4.69) is 5.32 Å². The number of amides is 2. The fourth-order valence-corrected chi connectivity index (χ4v) is 3.10. The number of benzene rings is 2. The van der Waals surface area contributed by atoms with Gasteiger partial charge in [0, 0.05) is 25.1 Å². The molecule has 0 saturated carbocycles. The van der Waals surface area contributed by atoms with Gasteiger partial charge in [0.05, 0.1) is 13.2 Å². The maximum Gasteiger partial charge on any atom is 0.251 e. The van der Waals surface area contributed by atoms with Crippen LogP contribution < -0.4 is 14.8 Å². The van der Waals surface area contributed by atoms with E-state index in [1.807, 2.05) is 48.2 Å². The molecule has 1 atom stereocenters. The van der Waals surface area contributed by atoms with Gasteiger partial charge in [-0.1, -0.05) is 12.1 Å². The molecule has 0 unspecified atom stereocenters. The van der Waals surface area contributed by atoms with Gasteiger partial charge in [-0.3, -0.25) is 9.59 Å². The second-order valence-electron chi connectivity index (χ2n) is 6.98. The Hall–Kier alpha value is -3.02. The second kappa shape index (κ2) is 9.26. The molecule has 0 bridgehead atoms. The van der Waals surface area contributed by atoms with Crippen molar-refractivity contribution in [2.45, 2.75) is 32.4 Å². The van der Waals surface area contributed by atoms with Gasteiger partial charge in [0.2, 0.25) is 5.91 Å². The Morgan fingerprint density at radius 1 is 1.11 bits per heavy atom. The monoisotopic (exact) mass is 382 g/mol. The van der Waals surface area contributed by atoms with Crippen molar-refractivity contribution in [3.8, 4) is 11.5 Å². The van der Waals surface area contributed by atoms with Crippen LogP contribution in [-0.2, 0) is 11.3 Å². The molecule has 6 nitrogen and oxygen atoms in total. The summed E-state index contributed by atoms with van der Waals surface area (Å²) >= 11 is 0. The lowest BCUT2D eigenvalue weighted by atomic mass is 10.1. The lowest BCUT2D eigenvalue weighted by Gasteiger charge is -2.17. The van der Waals surface area contributed by atoms with Gasteiger partial charge >= 0.3 is 0 Å². The molecule has 1 heterocycles. The van der Waals surface area contributed by atoms with Crippen LogP contribution in [0.1, 0.15) is 35.7 Å². The summed E-state index contributed by atoms with van der Waals surface area (Å²) in [5.74, 6) is 1.55. The van der Waals surface area contributed by atoms with Crippen LogP contribution in [0.15, 0.2) is 48.5 Å². The zero-order valence-corrected chi connectivity index (χ0v) is 16.3. The number of hydrogen-bond donors (Lipinski definition) is 1. The van der Waals surface area contributed by atoms with E-state index >= 15 is 0 Å². The molecule has 0 spiro atoms. The summed E-state index contributed by atoms with van der Waals surface area (Å²) in [7, 11) is 1.62. The van der Waals surface area contributed by atoms with Gasteiger partial charge in [0.1, 0.15) is 18.1 Å². The summed E-state index contributed by atoms with van der Waals surface area (Å²) < 4.78 is 10.8. The zero-order chi connectivity index (χ0) is 19.9. The van der Waals surface area contributed by atoms with E-state index in [4.69, 9.17) is 9.47 Å². The molecule has 6 heteroatoms. The van der Waals surface area contributed by atoms with Crippen LogP contribution in [0.25, 0.3) is 0 Å². The van der Waals surface area contributed by atoms with Crippen LogP contribution in [0.2, 0.25) is 0 Å². The predicted molar refractivity (Wildman–Crippen MR) is 107 cm³/mol. The van der Waals surface area contributed by atoms with E-state index in [1.165, 1.54) is 0 Å². The van der Waals surface area contributed by atoms with E-state index in [9.17, 15) is 9.59 Å². The quantitative estimate of drug-likeness (QED) is 0.762. The molecule has 1 fully saturated rings. The third kappa shape index (κ3) is 5.25. The number of carbonyl (C=O) groups is 2. The third-order valence-corrected chi connectivity index (χ3v) is 4.70. The van der Waals surface area contributed by atoms with Gasteiger partial charge in [-0.05, 0) is 55.3 Å². The minimum atomic E-state index is -0.144. The minimum Gasteiger partial charge on any atom is -0.497 e. The van der Waals surface area contributed by atoms with E-state index in [0.717, 1.165) is 30.0 Å². The van der Waals surface area contributed by atoms with Crippen molar-refractivity contribution >= 4 is 11.8 Å². The largest absolute Gasteiger partial charge is 0.497 e. The van der Waals surface area contributed by atoms with Gasteiger partial charge in [-0.25, -0.2) is 0 Å². The average Bonchev–Trinajstić information content (AvgIpc) is 3.11. The van der Waals surface area contributed by atoms with Gasteiger partial charge in [0.15, 0.2) is 0 Å². The summed E-state index contributed by atoms with van der Waals surface area (Å²) in [6, 6.07) is 14.6. The van der Waals surface area contributed by atoms with E-state index in [0.29, 0.717) is 25.1 Å². The summed E-state index contributed by atoms with van der Waals surface area (Å²) in [6.45, 7) is 3.68. The minimum absolute atomic E-state index is 0.142. The van der Waals surface area contributed by atoms with Gasteiger partial charge < -0.3 is 19.7 Å². The number of hydrogen-bond acceptors (Lipinski definition) is 4. The molecule has 148 valence electrons. The average molecular weight is 382 g/mol. The first-order chi connectivity index (χ1) is 13.5. The van der Waals surface area contributed by atoms with Crippen LogP contribution in [-0.4, -0.2) is 43.0 Å². The molecule has 1 aliphatic rings. The van der Waals surface area contributed by atoms with Gasteiger partial charge in [0.25, 0.3) is 5.91 Å². The smallest absolute Gasteiger partial charge is 0.251 e. The van der Waals surface area contributed by atoms with E-state index in [-0.39, 0.29) is 17.9 Å². The molecule has 1 saturated heterocycles. The fraction of sp³-hybridized carbons (Fsp3) is 0.364. The Morgan fingerprint density at radius 3 is 2.39 bits per heavy atom. The molecular weight excluding hydrogens is 356 g/mol. The summed E-state index contributed by atoms with van der Waals surface area (Å²) in [5, 5.41) is 2.94. The highest BCUT2D eigenvalue weighted by atomic mass is 16.5. The highest BCUT2D eigenvalue weighted by Gasteiger charge is 2.20. The number of methoxy groups -OCH3 is 1. The molecule has 0 radical (unpaired) electrons. The zero-order valence-electron chi connectivity index (χ0n) is 16.3. The van der Waals surface area contributed by atoms with Crippen molar-refractivity contribution in [1.82, 2.24) is 10.2 Å². The maximum atomic E-state index is 12.4. The molecule has 1 aliphatic heterocycles. The van der Waals surface area contributed by atoms with Crippen LogP contribution in [0.4, 0.5) is 0 Å². The topological polar surface area (TPSA) is 67.9 Å². The molecule has 2 aromatic rings. The lowest BCUT2D eigenvalue weighted by Crippen LogP contribution is -2.36. The van der Waals surface area contributed by atoms with Crippen molar-refractivity contribution in [2.75, 3.05) is 20.3 Å². The number of nitrogens with one attached hydrogen (secondary N) is 1. The first-order valence-electron chi connectivity index (χ1n) is 9.49. The van der Waals surface area contributed by atoms with Crippen LogP contribution in [0.5, 0.6) is 11.5 Å². The highest BCUT2D eigenvalue weighted by molar-refractivity contribution is 5.94. The van der Waals surface area contributed by atoms with Crippen molar-refractivity contribution in [1.29, 1.82) is 0 Å². The van der Waals surface area contributed by atoms with Crippen molar-refractivity contribution in [3.63, 3.8) is 0 Å². The Labute approximate surface area is 165 Å². The summed E-state index contributed by atoms with van der Waals surface area (Å²) in [5.41, 5.74) is 1.62. The molecular formula is C22H26N2O4. The third-order valence-electron chi connectivity index (χ3n) is 4.70. The highest BCUT2D eigenvalue weighted by Crippen LogP contribution is 2.17. The van der Waals surface area contributed by atoms with Gasteiger partial charge in [-0.15, -0.1) is 0 Å². The van der Waals surface area contributed by atoms with Crippen molar-refractivity contribution in [2.24, 2.45) is 0 Å². The Morgan fingerprint density at radius 2 is 1.79 bits per heavy atom. The standard InChI is InChI=1S/C22H26N2O4/c1-16(15-28-20-11-9-19(27-2)10-12-20)23-22(26)18-7-5-17(6-8-18)14-24-13-3-4-21(24)25/h5-12,16H,3-4,13-15H2,1-2H3,(H,23,26)/t16-/m0/s1. The Balaban J connectivity index is 1.47. The van der Waals surface area contributed by atoms with Crippen LogP contribution in [0.3, 0.4) is 0 Å². The molecule has 2 amide bonds. The number of rotatable bonds is 8. The number of carbonyl (C=O) groups excluding carboxylic acids is 2. The molecule has 0 aliphatic carbocycles. The molecule has 0 aromatic heterocycles. The van der Waals surface area contributed by atoms with Crippen molar-refractivity contribution < 1.29 is 19.1 Å². The summed E-state index contributed by atoms with van der Waals surface area (Å²) in [6.07, 6.45) is 1.56. The normalized spacial score (nSPS) is 14.6. The number of ether oxygens (including phenoxy) is 2. The SMILES string of the molecule is COc1ccc(OC[C@H](C)NC(=O)c2ccc(CN3CCCC3=O)cc2)cc1. The van der Waals surface area contributed by atoms with Crippen LogP contribution >= 0.6 is 0 Å². The first kappa shape index (κ1) is 19.7. The van der Waals surface area contributed by atoms with E-state index in [1.54, 1.807) is 19.2 Å². The predicted octanol–water partition coefficient (Wildman–Crippen LogP) is 3.01. The molecule has 1 N–H and O–H groups in total. The second-order valence-corrected chi connectivity index (χ2v) is 6.98.